The fraction of sp³-hybridized carbons (Fsp3) is 0.714. The minimum Gasteiger partial charge on any atom is -0.444 e. The van der Waals surface area contributed by atoms with Gasteiger partial charge in [-0.3, -0.25) is 4.79 Å². The maximum atomic E-state index is 12.0. The van der Waals surface area contributed by atoms with Gasteiger partial charge < -0.3 is 15.0 Å². The van der Waals surface area contributed by atoms with E-state index < -0.39 is 5.60 Å². The Morgan fingerprint density at radius 3 is 2.53 bits per heavy atom. The molecule has 2 rings (SSSR count). The monoisotopic (exact) mass is 266 g/mol. The summed E-state index contributed by atoms with van der Waals surface area (Å²) in [5.41, 5.74) is -0.627. The van der Waals surface area contributed by atoms with Gasteiger partial charge in [-0.1, -0.05) is 6.08 Å². The molecule has 0 aromatic rings. The van der Waals surface area contributed by atoms with Crippen LogP contribution in [-0.2, 0) is 9.53 Å². The Balaban J connectivity index is 1.91. The van der Waals surface area contributed by atoms with Crippen LogP contribution in [0.1, 0.15) is 40.0 Å². The molecule has 2 amide bonds. The quantitative estimate of drug-likeness (QED) is 0.727. The van der Waals surface area contributed by atoms with E-state index in [0.29, 0.717) is 13.1 Å². The molecular formula is C14H22N2O3. The van der Waals surface area contributed by atoms with Crippen molar-refractivity contribution in [3.8, 4) is 0 Å². The summed E-state index contributed by atoms with van der Waals surface area (Å²) in [7, 11) is 0. The minimum atomic E-state index is -0.464. The molecule has 1 spiro atoms. The Hall–Kier alpha value is -1.52. The zero-order valence-corrected chi connectivity index (χ0v) is 11.9. The highest BCUT2D eigenvalue weighted by Crippen LogP contribution is 2.29. The Morgan fingerprint density at radius 1 is 1.37 bits per heavy atom. The Morgan fingerprint density at radius 2 is 2.00 bits per heavy atom. The van der Waals surface area contributed by atoms with Gasteiger partial charge in [-0.25, -0.2) is 4.79 Å². The number of ether oxygens (including phenoxy) is 1. The van der Waals surface area contributed by atoms with Gasteiger partial charge in [0.1, 0.15) is 5.60 Å². The molecule has 0 bridgehead atoms. The molecule has 2 heterocycles. The molecular weight excluding hydrogens is 244 g/mol. The van der Waals surface area contributed by atoms with Gasteiger partial charge in [0.05, 0.1) is 0 Å². The van der Waals surface area contributed by atoms with E-state index in [2.05, 4.69) is 5.32 Å². The zero-order chi connectivity index (χ0) is 14.1. The van der Waals surface area contributed by atoms with E-state index in [0.717, 1.165) is 19.3 Å². The van der Waals surface area contributed by atoms with Crippen LogP contribution in [0.2, 0.25) is 0 Å². The highest BCUT2D eigenvalue weighted by molar-refractivity contribution is 5.89. The van der Waals surface area contributed by atoms with Crippen LogP contribution in [0, 0.1) is 0 Å². The molecule has 1 N–H and O–H groups in total. The molecule has 0 aromatic carbocycles. The molecule has 0 unspecified atom stereocenters. The van der Waals surface area contributed by atoms with Crippen LogP contribution < -0.4 is 5.32 Å². The summed E-state index contributed by atoms with van der Waals surface area (Å²) in [5, 5.41) is 3.03. The minimum absolute atomic E-state index is 0.0306. The van der Waals surface area contributed by atoms with Gasteiger partial charge >= 0.3 is 6.09 Å². The molecule has 0 saturated carbocycles. The summed E-state index contributed by atoms with van der Waals surface area (Å²) < 4.78 is 5.36. The maximum Gasteiger partial charge on any atom is 0.410 e. The number of rotatable bonds is 0. The van der Waals surface area contributed by atoms with Gasteiger partial charge in [0.25, 0.3) is 0 Å². The number of piperidine rings is 1. The predicted octanol–water partition coefficient (Wildman–Crippen LogP) is 1.83. The van der Waals surface area contributed by atoms with Gasteiger partial charge in [-0.05, 0) is 46.1 Å². The average Bonchev–Trinajstić information content (AvgIpc) is 2.27. The van der Waals surface area contributed by atoms with Crippen LogP contribution in [0.25, 0.3) is 0 Å². The van der Waals surface area contributed by atoms with Crippen LogP contribution in [0.15, 0.2) is 12.2 Å². The van der Waals surface area contributed by atoms with E-state index in [4.69, 9.17) is 4.74 Å². The maximum absolute atomic E-state index is 12.0. The topological polar surface area (TPSA) is 58.6 Å². The third-order valence-corrected chi connectivity index (χ3v) is 3.54. The normalized spacial score (nSPS) is 22.3. The molecule has 2 aliphatic rings. The van der Waals surface area contributed by atoms with Gasteiger partial charge in [0.2, 0.25) is 5.91 Å². The first-order chi connectivity index (χ1) is 8.80. The van der Waals surface area contributed by atoms with Gasteiger partial charge in [-0.2, -0.15) is 0 Å². The number of nitrogens with one attached hydrogen (secondary N) is 1. The number of hydrogen-bond donors (Lipinski definition) is 1. The van der Waals surface area contributed by atoms with Crippen molar-refractivity contribution in [2.24, 2.45) is 0 Å². The number of amides is 2. The number of likely N-dealkylation sites (tertiary alicyclic amines) is 1. The van der Waals surface area contributed by atoms with E-state index in [9.17, 15) is 9.59 Å². The van der Waals surface area contributed by atoms with Crippen LogP contribution >= 0.6 is 0 Å². The van der Waals surface area contributed by atoms with Gasteiger partial charge in [-0.15, -0.1) is 0 Å². The molecule has 1 fully saturated rings. The lowest BCUT2D eigenvalue weighted by atomic mass is 9.82. The molecule has 5 heteroatoms. The molecule has 0 aliphatic carbocycles. The summed E-state index contributed by atoms with van der Waals surface area (Å²) in [6.07, 6.45) is 5.64. The van der Waals surface area contributed by atoms with Crippen LogP contribution in [0.4, 0.5) is 4.79 Å². The second kappa shape index (κ2) is 4.87. The summed E-state index contributed by atoms with van der Waals surface area (Å²) >= 11 is 0. The molecule has 0 atom stereocenters. The van der Waals surface area contributed by atoms with Crippen molar-refractivity contribution in [2.75, 3.05) is 13.1 Å². The molecule has 0 radical (unpaired) electrons. The fourth-order valence-corrected chi connectivity index (χ4v) is 2.52. The smallest absolute Gasteiger partial charge is 0.410 e. The Labute approximate surface area is 114 Å². The number of carbonyl (C=O) groups is 2. The van der Waals surface area contributed by atoms with Crippen LogP contribution in [0.5, 0.6) is 0 Å². The standard InChI is InChI=1S/C14H22N2O3/c1-13(2,3)19-12(18)16-9-7-14(8-10-16)6-4-5-11(17)15-14/h4-5H,6-10H2,1-3H3,(H,15,17). The predicted molar refractivity (Wildman–Crippen MR) is 71.7 cm³/mol. The summed E-state index contributed by atoms with van der Waals surface area (Å²) in [6, 6.07) is 0. The first-order valence-corrected chi connectivity index (χ1v) is 6.76. The molecule has 2 aliphatic heterocycles. The van der Waals surface area contributed by atoms with Crippen molar-refractivity contribution in [2.45, 2.75) is 51.2 Å². The van der Waals surface area contributed by atoms with Gasteiger partial charge in [0.15, 0.2) is 0 Å². The van der Waals surface area contributed by atoms with Crippen molar-refractivity contribution < 1.29 is 14.3 Å². The fourth-order valence-electron chi connectivity index (χ4n) is 2.52. The third kappa shape index (κ3) is 3.49. The first kappa shape index (κ1) is 13.9. The second-order valence-corrected chi connectivity index (χ2v) is 6.34. The summed E-state index contributed by atoms with van der Waals surface area (Å²) in [4.78, 5) is 25.1. The van der Waals surface area contributed by atoms with Crippen molar-refractivity contribution in [1.29, 1.82) is 0 Å². The van der Waals surface area contributed by atoms with Crippen molar-refractivity contribution >= 4 is 12.0 Å². The zero-order valence-electron chi connectivity index (χ0n) is 11.9. The molecule has 106 valence electrons. The van der Waals surface area contributed by atoms with Crippen LogP contribution in [-0.4, -0.2) is 41.1 Å². The van der Waals surface area contributed by atoms with Gasteiger partial charge in [0, 0.05) is 18.6 Å². The van der Waals surface area contributed by atoms with Crippen molar-refractivity contribution in [1.82, 2.24) is 10.2 Å². The Bertz CT molecular complexity index is 401. The SMILES string of the molecule is CC(C)(C)OC(=O)N1CCC2(CC=CC(=O)N2)CC1. The first-order valence-electron chi connectivity index (χ1n) is 6.76. The van der Waals surface area contributed by atoms with E-state index in [1.807, 2.05) is 26.8 Å². The lowest BCUT2D eigenvalue weighted by molar-refractivity contribution is -0.119. The van der Waals surface area contributed by atoms with Crippen LogP contribution in [0.3, 0.4) is 0 Å². The molecule has 0 aromatic heterocycles. The molecule has 1 saturated heterocycles. The van der Waals surface area contributed by atoms with Crippen molar-refractivity contribution in [3.63, 3.8) is 0 Å². The number of hydrogen-bond acceptors (Lipinski definition) is 3. The van der Waals surface area contributed by atoms with Crippen molar-refractivity contribution in [3.05, 3.63) is 12.2 Å². The van der Waals surface area contributed by atoms with E-state index in [-0.39, 0.29) is 17.5 Å². The molecule has 19 heavy (non-hydrogen) atoms. The summed E-state index contributed by atoms with van der Waals surface area (Å²) in [5.74, 6) is -0.0306. The Kier molecular flexibility index (Phi) is 3.56. The number of nitrogens with zero attached hydrogens (tertiary/aromatic N) is 1. The lowest BCUT2D eigenvalue weighted by Gasteiger charge is -2.43. The second-order valence-electron chi connectivity index (χ2n) is 6.34. The highest BCUT2D eigenvalue weighted by atomic mass is 16.6. The third-order valence-electron chi connectivity index (χ3n) is 3.54. The lowest BCUT2D eigenvalue weighted by Crippen LogP contribution is -2.57. The molecule has 5 nitrogen and oxygen atoms in total. The van der Waals surface area contributed by atoms with E-state index >= 15 is 0 Å². The van der Waals surface area contributed by atoms with E-state index in [1.54, 1.807) is 11.0 Å². The average molecular weight is 266 g/mol. The largest absolute Gasteiger partial charge is 0.444 e. The number of carbonyl (C=O) groups excluding carboxylic acids is 2. The highest BCUT2D eigenvalue weighted by Gasteiger charge is 2.38. The summed E-state index contributed by atoms with van der Waals surface area (Å²) in [6.45, 7) is 6.85. The van der Waals surface area contributed by atoms with E-state index in [1.165, 1.54) is 0 Å².